The van der Waals surface area contributed by atoms with Gasteiger partial charge in [-0.1, -0.05) is 13.8 Å². The van der Waals surface area contributed by atoms with Crippen molar-refractivity contribution in [1.29, 1.82) is 0 Å². The minimum Gasteiger partial charge on any atom is -0.482 e. The Bertz CT molecular complexity index is 515. The predicted molar refractivity (Wildman–Crippen MR) is 71.8 cm³/mol. The van der Waals surface area contributed by atoms with Crippen LogP contribution >= 0.6 is 0 Å². The smallest absolute Gasteiger partial charge is 0.164 e. The molecule has 6 heteroatoms. The molecule has 0 amide bonds. The molecule has 0 spiro atoms. The van der Waals surface area contributed by atoms with Gasteiger partial charge in [-0.3, -0.25) is 4.68 Å². The van der Waals surface area contributed by atoms with Gasteiger partial charge in [0, 0.05) is 12.6 Å². The summed E-state index contributed by atoms with van der Waals surface area (Å²) in [5.41, 5.74) is 0. The first-order chi connectivity index (χ1) is 9.06. The van der Waals surface area contributed by atoms with Gasteiger partial charge >= 0.3 is 0 Å². The lowest BCUT2D eigenvalue weighted by molar-refractivity contribution is 0.282. The van der Waals surface area contributed by atoms with Crippen molar-refractivity contribution in [2.45, 2.75) is 46.9 Å². The van der Waals surface area contributed by atoms with Crippen molar-refractivity contribution in [2.24, 2.45) is 5.92 Å². The quantitative estimate of drug-likeness (QED) is 0.802. The molecule has 0 saturated carbocycles. The van der Waals surface area contributed by atoms with Gasteiger partial charge in [0.25, 0.3) is 0 Å². The summed E-state index contributed by atoms with van der Waals surface area (Å²) in [6.45, 7) is 9.73. The van der Waals surface area contributed by atoms with E-state index in [1.54, 1.807) is 12.5 Å². The fourth-order valence-electron chi connectivity index (χ4n) is 1.72. The Morgan fingerprint density at radius 3 is 2.63 bits per heavy atom. The van der Waals surface area contributed by atoms with E-state index in [0.29, 0.717) is 18.6 Å². The van der Waals surface area contributed by atoms with Gasteiger partial charge in [-0.15, -0.1) is 0 Å². The van der Waals surface area contributed by atoms with Crippen LogP contribution in [0, 0.1) is 5.92 Å². The zero-order chi connectivity index (χ0) is 13.8. The normalized spacial score (nSPS) is 11.5. The molecule has 2 aromatic heterocycles. The van der Waals surface area contributed by atoms with Gasteiger partial charge in [0.05, 0.1) is 12.4 Å². The van der Waals surface area contributed by atoms with E-state index < -0.39 is 0 Å². The Kier molecular flexibility index (Phi) is 4.19. The number of aromatic nitrogens is 5. The van der Waals surface area contributed by atoms with Crippen LogP contribution in [0.25, 0.3) is 0 Å². The number of nitrogens with zero attached hydrogens (tertiary/aromatic N) is 5. The van der Waals surface area contributed by atoms with E-state index in [1.807, 2.05) is 15.6 Å². The summed E-state index contributed by atoms with van der Waals surface area (Å²) in [6.07, 6.45) is 5.19. The predicted octanol–water partition coefficient (Wildman–Crippen LogP) is 2.29. The minimum atomic E-state index is 0.335. The Hall–Kier alpha value is -1.85. The average molecular weight is 263 g/mol. The highest BCUT2D eigenvalue weighted by molar-refractivity contribution is 5.12. The maximum atomic E-state index is 5.70. The van der Waals surface area contributed by atoms with Crippen molar-refractivity contribution >= 4 is 0 Å². The van der Waals surface area contributed by atoms with E-state index in [2.05, 4.69) is 42.9 Å². The first kappa shape index (κ1) is 13.6. The van der Waals surface area contributed by atoms with Crippen LogP contribution in [-0.2, 0) is 13.2 Å². The van der Waals surface area contributed by atoms with Crippen LogP contribution in [0.4, 0.5) is 0 Å². The lowest BCUT2D eigenvalue weighted by Crippen LogP contribution is -2.12. The molecule has 0 saturated heterocycles. The third-order valence-electron chi connectivity index (χ3n) is 2.71. The van der Waals surface area contributed by atoms with Crippen LogP contribution < -0.4 is 4.74 Å². The molecule has 104 valence electrons. The molecule has 0 atom stereocenters. The molecule has 0 N–H and O–H groups in total. The molecule has 0 bridgehead atoms. The third-order valence-corrected chi connectivity index (χ3v) is 2.71. The molecule has 6 nitrogen and oxygen atoms in total. The van der Waals surface area contributed by atoms with Crippen LogP contribution in [0.1, 0.15) is 39.6 Å². The maximum Gasteiger partial charge on any atom is 0.164 e. The zero-order valence-electron chi connectivity index (χ0n) is 11.9. The largest absolute Gasteiger partial charge is 0.482 e. The van der Waals surface area contributed by atoms with Crippen LogP contribution in [0.15, 0.2) is 18.7 Å². The van der Waals surface area contributed by atoms with Gasteiger partial charge in [0.2, 0.25) is 0 Å². The number of rotatable bonds is 6. The lowest BCUT2D eigenvalue weighted by Gasteiger charge is -2.08. The minimum absolute atomic E-state index is 0.335. The number of hydrogen-bond acceptors (Lipinski definition) is 4. The van der Waals surface area contributed by atoms with Crippen LogP contribution in [0.5, 0.6) is 5.75 Å². The van der Waals surface area contributed by atoms with Crippen LogP contribution in [-0.4, -0.2) is 24.5 Å². The van der Waals surface area contributed by atoms with E-state index in [-0.39, 0.29) is 0 Å². The highest BCUT2D eigenvalue weighted by Crippen LogP contribution is 2.14. The molecule has 2 heterocycles. The van der Waals surface area contributed by atoms with Crippen molar-refractivity contribution in [1.82, 2.24) is 24.5 Å². The van der Waals surface area contributed by atoms with Crippen molar-refractivity contribution in [3.05, 3.63) is 24.5 Å². The summed E-state index contributed by atoms with van der Waals surface area (Å²) in [7, 11) is 0. The standard InChI is InChI=1S/C13H21N5O/c1-10(2)6-18-13(14-9-16-18)8-19-12-5-15-17(7-12)11(3)4/h5,7,9-11H,6,8H2,1-4H3. The van der Waals surface area contributed by atoms with Crippen molar-refractivity contribution in [3.8, 4) is 5.75 Å². The summed E-state index contributed by atoms with van der Waals surface area (Å²) in [5.74, 6) is 2.13. The fraction of sp³-hybridized carbons (Fsp3) is 0.615. The second kappa shape index (κ2) is 5.86. The van der Waals surface area contributed by atoms with Gasteiger partial charge in [-0.25, -0.2) is 9.67 Å². The van der Waals surface area contributed by atoms with E-state index in [4.69, 9.17) is 4.74 Å². The van der Waals surface area contributed by atoms with Gasteiger partial charge in [0.15, 0.2) is 11.6 Å². The second-order valence-electron chi connectivity index (χ2n) is 5.29. The molecule has 2 rings (SSSR count). The molecule has 0 aliphatic heterocycles. The molecular weight excluding hydrogens is 242 g/mol. The SMILES string of the molecule is CC(C)Cn1ncnc1COc1cnn(C(C)C)c1. The van der Waals surface area contributed by atoms with Crippen LogP contribution in [0.3, 0.4) is 0 Å². The third kappa shape index (κ3) is 3.56. The van der Waals surface area contributed by atoms with E-state index >= 15 is 0 Å². The van der Waals surface area contributed by atoms with E-state index in [9.17, 15) is 0 Å². The van der Waals surface area contributed by atoms with Gasteiger partial charge in [-0.2, -0.15) is 10.2 Å². The molecule has 2 aromatic rings. The van der Waals surface area contributed by atoms with E-state index in [1.165, 1.54) is 0 Å². The van der Waals surface area contributed by atoms with Gasteiger partial charge < -0.3 is 4.74 Å². The highest BCUT2D eigenvalue weighted by Gasteiger charge is 2.08. The maximum absolute atomic E-state index is 5.70. The average Bonchev–Trinajstić information content (AvgIpc) is 2.94. The number of ether oxygens (including phenoxy) is 1. The van der Waals surface area contributed by atoms with Crippen molar-refractivity contribution < 1.29 is 4.74 Å². The molecule has 0 aromatic carbocycles. The summed E-state index contributed by atoms with van der Waals surface area (Å²) >= 11 is 0. The summed E-state index contributed by atoms with van der Waals surface area (Å²) in [4.78, 5) is 4.23. The molecule has 19 heavy (non-hydrogen) atoms. The molecule has 0 aliphatic rings. The van der Waals surface area contributed by atoms with Crippen LogP contribution in [0.2, 0.25) is 0 Å². The second-order valence-corrected chi connectivity index (χ2v) is 5.29. The first-order valence-corrected chi connectivity index (χ1v) is 6.60. The van der Waals surface area contributed by atoms with Gasteiger partial charge in [-0.05, 0) is 19.8 Å². The monoisotopic (exact) mass is 263 g/mol. The summed E-state index contributed by atoms with van der Waals surface area (Å²) < 4.78 is 9.45. The number of hydrogen-bond donors (Lipinski definition) is 0. The Morgan fingerprint density at radius 2 is 2.00 bits per heavy atom. The molecule has 0 radical (unpaired) electrons. The summed E-state index contributed by atoms with van der Waals surface area (Å²) in [6, 6.07) is 0.335. The molecule has 0 aliphatic carbocycles. The molecular formula is C13H21N5O. The van der Waals surface area contributed by atoms with Crippen molar-refractivity contribution in [2.75, 3.05) is 0 Å². The first-order valence-electron chi connectivity index (χ1n) is 6.60. The topological polar surface area (TPSA) is 57.8 Å². The van der Waals surface area contributed by atoms with Gasteiger partial charge in [0.1, 0.15) is 12.9 Å². The Labute approximate surface area is 113 Å². The van der Waals surface area contributed by atoms with E-state index in [0.717, 1.165) is 18.1 Å². The Morgan fingerprint density at radius 1 is 1.21 bits per heavy atom. The molecule has 0 fully saturated rings. The fourth-order valence-corrected chi connectivity index (χ4v) is 1.72. The highest BCUT2D eigenvalue weighted by atomic mass is 16.5. The Balaban J connectivity index is 1.96. The summed E-state index contributed by atoms with van der Waals surface area (Å²) in [5, 5.41) is 8.44. The zero-order valence-corrected chi connectivity index (χ0v) is 11.9. The lowest BCUT2D eigenvalue weighted by atomic mass is 10.2. The van der Waals surface area contributed by atoms with Crippen molar-refractivity contribution in [3.63, 3.8) is 0 Å². The molecule has 0 unspecified atom stereocenters.